The first kappa shape index (κ1) is 7.52. The van der Waals surface area contributed by atoms with Crippen molar-refractivity contribution in [3.63, 3.8) is 0 Å². The maximum atomic E-state index is 2.38. The van der Waals surface area contributed by atoms with Crippen molar-refractivity contribution in [2.75, 3.05) is 6.26 Å². The Balaban J connectivity index is 2.48. The topological polar surface area (TPSA) is 0 Å². The van der Waals surface area contributed by atoms with Crippen LogP contribution in [0.1, 0.15) is 20.3 Å². The Morgan fingerprint density at radius 1 is 1.78 bits per heavy atom. The molecule has 0 aromatic heterocycles. The van der Waals surface area contributed by atoms with Crippen LogP contribution >= 0.6 is 11.8 Å². The van der Waals surface area contributed by atoms with Gasteiger partial charge >= 0.3 is 0 Å². The van der Waals surface area contributed by atoms with E-state index in [4.69, 9.17) is 0 Å². The normalized spacial score (nSPS) is 41.4. The standard InChI is InChI=1S/C7H15BS/c1-4-7(9-3)5-8-6(7)2/h6,8H,4-5H2,1-3H3. The van der Waals surface area contributed by atoms with Crippen molar-refractivity contribution in [2.24, 2.45) is 0 Å². The van der Waals surface area contributed by atoms with Crippen molar-refractivity contribution in [3.05, 3.63) is 0 Å². The minimum Gasteiger partial charge on any atom is -0.160 e. The van der Waals surface area contributed by atoms with Gasteiger partial charge in [-0.25, -0.2) is 0 Å². The molecule has 0 saturated carbocycles. The Morgan fingerprint density at radius 2 is 2.44 bits per heavy atom. The molecule has 0 amide bonds. The number of rotatable bonds is 2. The molecule has 0 bridgehead atoms. The van der Waals surface area contributed by atoms with Gasteiger partial charge in [0.2, 0.25) is 0 Å². The molecule has 2 atom stereocenters. The van der Waals surface area contributed by atoms with Gasteiger partial charge in [0.25, 0.3) is 0 Å². The van der Waals surface area contributed by atoms with Crippen LogP contribution in [-0.4, -0.2) is 18.3 Å². The van der Waals surface area contributed by atoms with Crippen molar-refractivity contribution < 1.29 is 0 Å². The van der Waals surface area contributed by atoms with Crippen molar-refractivity contribution in [1.82, 2.24) is 0 Å². The van der Waals surface area contributed by atoms with Crippen LogP contribution in [0.5, 0.6) is 0 Å². The van der Waals surface area contributed by atoms with E-state index in [9.17, 15) is 0 Å². The van der Waals surface area contributed by atoms with Gasteiger partial charge in [0.15, 0.2) is 0 Å². The van der Waals surface area contributed by atoms with Crippen LogP contribution in [0.2, 0.25) is 12.1 Å². The first-order valence-electron chi connectivity index (χ1n) is 3.80. The summed E-state index contributed by atoms with van der Waals surface area (Å²) in [5.41, 5.74) is 0. The Hall–Kier alpha value is 0.415. The predicted octanol–water partition coefficient (Wildman–Crippen LogP) is 2.17. The Labute approximate surface area is 63.0 Å². The van der Waals surface area contributed by atoms with E-state index in [2.05, 4.69) is 31.9 Å². The molecule has 0 spiro atoms. The van der Waals surface area contributed by atoms with Crippen molar-refractivity contribution >= 4 is 19.0 Å². The Morgan fingerprint density at radius 3 is 2.44 bits per heavy atom. The maximum absolute atomic E-state index is 2.38. The second-order valence-corrected chi connectivity index (χ2v) is 4.28. The highest BCUT2D eigenvalue weighted by atomic mass is 32.2. The fourth-order valence-electron chi connectivity index (χ4n) is 1.73. The molecule has 1 heterocycles. The molecule has 2 unspecified atom stereocenters. The first-order valence-corrected chi connectivity index (χ1v) is 5.03. The average molecular weight is 142 g/mol. The summed E-state index contributed by atoms with van der Waals surface area (Å²) in [5, 5.41) is 0. The van der Waals surface area contributed by atoms with E-state index < -0.39 is 0 Å². The largest absolute Gasteiger partial charge is 0.160 e. The fourth-order valence-corrected chi connectivity index (χ4v) is 2.86. The summed E-state index contributed by atoms with van der Waals surface area (Å²) in [6.45, 7) is 4.69. The molecule has 0 aliphatic carbocycles. The summed E-state index contributed by atoms with van der Waals surface area (Å²) < 4.78 is 0.681. The van der Waals surface area contributed by atoms with Crippen LogP contribution in [0.25, 0.3) is 0 Å². The molecule has 1 aliphatic heterocycles. The zero-order valence-electron chi connectivity index (χ0n) is 6.61. The lowest BCUT2D eigenvalue weighted by atomic mass is 9.42. The smallest absolute Gasteiger partial charge is 0.127 e. The summed E-state index contributed by atoms with van der Waals surface area (Å²) in [6.07, 6.45) is 5.06. The highest BCUT2D eigenvalue weighted by molar-refractivity contribution is 8.00. The van der Waals surface area contributed by atoms with Gasteiger partial charge < -0.3 is 0 Å². The number of thioether (sulfide) groups is 1. The lowest BCUT2D eigenvalue weighted by Crippen LogP contribution is -2.42. The molecule has 0 aromatic rings. The monoisotopic (exact) mass is 142 g/mol. The quantitative estimate of drug-likeness (QED) is 0.532. The van der Waals surface area contributed by atoms with E-state index in [1.165, 1.54) is 20.0 Å². The van der Waals surface area contributed by atoms with Gasteiger partial charge in [-0.15, -0.1) is 0 Å². The molecular weight excluding hydrogens is 127 g/mol. The molecule has 2 heteroatoms. The van der Waals surface area contributed by atoms with Crippen LogP contribution in [0.4, 0.5) is 0 Å². The molecule has 52 valence electrons. The van der Waals surface area contributed by atoms with E-state index in [0.29, 0.717) is 4.75 Å². The van der Waals surface area contributed by atoms with Crippen molar-refractivity contribution in [3.8, 4) is 0 Å². The lowest BCUT2D eigenvalue weighted by Gasteiger charge is -2.46. The third-order valence-electron chi connectivity index (χ3n) is 2.90. The van der Waals surface area contributed by atoms with E-state index >= 15 is 0 Å². The molecule has 1 fully saturated rings. The minimum atomic E-state index is 0.681. The van der Waals surface area contributed by atoms with Crippen LogP contribution in [0.3, 0.4) is 0 Å². The zero-order valence-corrected chi connectivity index (χ0v) is 7.42. The van der Waals surface area contributed by atoms with Gasteiger partial charge in [-0.1, -0.05) is 26.0 Å². The predicted molar refractivity (Wildman–Crippen MR) is 47.9 cm³/mol. The summed E-state index contributed by atoms with van der Waals surface area (Å²) in [4.78, 5) is 0. The van der Waals surface area contributed by atoms with Gasteiger partial charge in [-0.2, -0.15) is 11.8 Å². The van der Waals surface area contributed by atoms with Crippen LogP contribution in [-0.2, 0) is 0 Å². The van der Waals surface area contributed by atoms with E-state index in [0.717, 1.165) is 5.82 Å². The highest BCUT2D eigenvalue weighted by Crippen LogP contribution is 2.49. The van der Waals surface area contributed by atoms with Crippen molar-refractivity contribution in [2.45, 2.75) is 37.2 Å². The lowest BCUT2D eigenvalue weighted by molar-refractivity contribution is 0.541. The summed E-state index contributed by atoms with van der Waals surface area (Å²) >= 11 is 2.07. The SMILES string of the molecule is CCC1(SC)CBC1C. The second-order valence-electron chi connectivity index (χ2n) is 3.06. The molecule has 1 rings (SSSR count). The molecule has 0 aromatic carbocycles. The number of hydrogen-bond donors (Lipinski definition) is 0. The van der Waals surface area contributed by atoms with Crippen molar-refractivity contribution in [1.29, 1.82) is 0 Å². The molecular formula is C7H15BS. The number of hydrogen-bond acceptors (Lipinski definition) is 1. The Kier molecular flexibility index (Phi) is 2.15. The molecule has 9 heavy (non-hydrogen) atoms. The molecule has 0 nitrogen and oxygen atoms in total. The van der Waals surface area contributed by atoms with Gasteiger partial charge in [-0.05, 0) is 12.7 Å². The van der Waals surface area contributed by atoms with Crippen LogP contribution in [0, 0.1) is 0 Å². The van der Waals surface area contributed by atoms with E-state index in [1.54, 1.807) is 0 Å². The highest BCUT2D eigenvalue weighted by Gasteiger charge is 2.41. The molecule has 0 N–H and O–H groups in total. The summed E-state index contributed by atoms with van der Waals surface area (Å²) in [5.74, 6) is 0.970. The van der Waals surface area contributed by atoms with E-state index in [-0.39, 0.29) is 0 Å². The fraction of sp³-hybridized carbons (Fsp3) is 1.00. The first-order chi connectivity index (χ1) is 4.25. The minimum absolute atomic E-state index is 0.681. The van der Waals surface area contributed by atoms with E-state index in [1.807, 2.05) is 0 Å². The summed E-state index contributed by atoms with van der Waals surface area (Å²) in [6, 6.07) is 0. The second kappa shape index (κ2) is 2.57. The third-order valence-corrected chi connectivity index (χ3v) is 4.61. The molecule has 1 saturated heterocycles. The van der Waals surface area contributed by atoms with Crippen LogP contribution < -0.4 is 0 Å². The van der Waals surface area contributed by atoms with Gasteiger partial charge in [0, 0.05) is 4.75 Å². The van der Waals surface area contributed by atoms with Crippen LogP contribution in [0.15, 0.2) is 0 Å². The zero-order chi connectivity index (χ0) is 6.91. The third kappa shape index (κ3) is 1.02. The molecule has 1 aliphatic rings. The Bertz CT molecular complexity index is 93.6. The van der Waals surface area contributed by atoms with Gasteiger partial charge in [-0.3, -0.25) is 0 Å². The van der Waals surface area contributed by atoms with Gasteiger partial charge in [0.1, 0.15) is 7.28 Å². The maximum Gasteiger partial charge on any atom is 0.127 e. The molecule has 0 radical (unpaired) electrons. The average Bonchev–Trinajstić information content (AvgIpc) is 1.89. The summed E-state index contributed by atoms with van der Waals surface area (Å²) in [7, 11) is 1.45. The van der Waals surface area contributed by atoms with Gasteiger partial charge in [0.05, 0.1) is 0 Å².